The summed E-state index contributed by atoms with van der Waals surface area (Å²) in [6.07, 6.45) is 3.03. The first-order valence-corrected chi connectivity index (χ1v) is 10.8. The molecule has 2 aromatic carbocycles. The number of benzene rings is 2. The molecule has 0 radical (unpaired) electrons. The van der Waals surface area contributed by atoms with Crippen LogP contribution in [-0.2, 0) is 13.1 Å². The number of fused-ring (bicyclic) bond motifs is 1. The van der Waals surface area contributed by atoms with Gasteiger partial charge in [0, 0.05) is 50.5 Å². The van der Waals surface area contributed by atoms with Gasteiger partial charge in [-0.1, -0.05) is 24.3 Å². The highest BCUT2D eigenvalue weighted by molar-refractivity contribution is 5.93. The van der Waals surface area contributed by atoms with E-state index in [1.54, 1.807) is 6.07 Å². The highest BCUT2D eigenvalue weighted by atomic mass is 16.5. The fourth-order valence-corrected chi connectivity index (χ4v) is 4.35. The van der Waals surface area contributed by atoms with Crippen LogP contribution in [0.25, 0.3) is 0 Å². The van der Waals surface area contributed by atoms with Gasteiger partial charge in [0.2, 0.25) is 0 Å². The molecule has 0 bridgehead atoms. The SMILES string of the molecule is O=C(c1ccoc1)N1CCOc2ccc(CN3CCN(c4ccccc4)CC3)cc2C1. The number of carbonyl (C=O) groups is 1. The van der Waals surface area contributed by atoms with Crippen LogP contribution in [0.3, 0.4) is 0 Å². The summed E-state index contributed by atoms with van der Waals surface area (Å²) in [6.45, 7) is 6.66. The Balaban J connectivity index is 1.24. The van der Waals surface area contributed by atoms with Crippen molar-refractivity contribution in [1.82, 2.24) is 9.80 Å². The van der Waals surface area contributed by atoms with Crippen LogP contribution in [0.15, 0.2) is 71.5 Å². The van der Waals surface area contributed by atoms with Crippen molar-refractivity contribution < 1.29 is 13.9 Å². The average Bonchev–Trinajstić information content (AvgIpc) is 3.27. The Kier molecular flexibility index (Phi) is 5.63. The Hall–Kier alpha value is -3.25. The average molecular weight is 418 g/mol. The molecule has 5 rings (SSSR count). The summed E-state index contributed by atoms with van der Waals surface area (Å²) in [6, 6.07) is 18.7. The first-order chi connectivity index (χ1) is 15.3. The highest BCUT2D eigenvalue weighted by Gasteiger charge is 2.23. The molecule has 31 heavy (non-hydrogen) atoms. The highest BCUT2D eigenvalue weighted by Crippen LogP contribution is 2.26. The molecule has 6 heteroatoms. The van der Waals surface area contributed by atoms with Crippen LogP contribution in [-0.4, -0.2) is 55.0 Å². The monoisotopic (exact) mass is 417 g/mol. The molecular formula is C25H27N3O3. The van der Waals surface area contributed by atoms with Gasteiger partial charge in [0.25, 0.3) is 5.91 Å². The predicted octanol–water partition coefficient (Wildman–Crippen LogP) is 3.64. The Morgan fingerprint density at radius 1 is 0.935 bits per heavy atom. The van der Waals surface area contributed by atoms with Crippen molar-refractivity contribution in [1.29, 1.82) is 0 Å². The van der Waals surface area contributed by atoms with Crippen LogP contribution in [0, 0.1) is 0 Å². The van der Waals surface area contributed by atoms with Gasteiger partial charge >= 0.3 is 0 Å². The molecule has 6 nitrogen and oxygen atoms in total. The summed E-state index contributed by atoms with van der Waals surface area (Å²) in [4.78, 5) is 19.5. The second-order valence-electron chi connectivity index (χ2n) is 8.13. The topological polar surface area (TPSA) is 49.2 Å². The first-order valence-electron chi connectivity index (χ1n) is 10.8. The largest absolute Gasteiger partial charge is 0.491 e. The number of anilines is 1. The van der Waals surface area contributed by atoms with Gasteiger partial charge in [-0.3, -0.25) is 9.69 Å². The van der Waals surface area contributed by atoms with Gasteiger partial charge in [-0.25, -0.2) is 0 Å². The summed E-state index contributed by atoms with van der Waals surface area (Å²) in [5.74, 6) is 0.854. The molecule has 1 aromatic heterocycles. The van der Waals surface area contributed by atoms with Gasteiger partial charge in [-0.15, -0.1) is 0 Å². The predicted molar refractivity (Wildman–Crippen MR) is 119 cm³/mol. The number of nitrogens with zero attached hydrogens (tertiary/aromatic N) is 3. The van der Waals surface area contributed by atoms with E-state index in [1.165, 1.54) is 23.8 Å². The lowest BCUT2D eigenvalue weighted by Gasteiger charge is -2.36. The summed E-state index contributed by atoms with van der Waals surface area (Å²) < 4.78 is 11.0. The number of hydrogen-bond donors (Lipinski definition) is 0. The Bertz CT molecular complexity index is 1010. The molecule has 0 atom stereocenters. The second kappa shape index (κ2) is 8.86. The zero-order chi connectivity index (χ0) is 21.0. The lowest BCUT2D eigenvalue weighted by molar-refractivity contribution is 0.0732. The van der Waals surface area contributed by atoms with Crippen molar-refractivity contribution in [2.24, 2.45) is 0 Å². The van der Waals surface area contributed by atoms with E-state index in [4.69, 9.17) is 9.15 Å². The van der Waals surface area contributed by atoms with Crippen molar-refractivity contribution in [2.45, 2.75) is 13.1 Å². The van der Waals surface area contributed by atoms with Gasteiger partial charge in [0.1, 0.15) is 18.6 Å². The number of carbonyl (C=O) groups excluding carboxylic acids is 1. The van der Waals surface area contributed by atoms with E-state index in [1.807, 2.05) is 4.90 Å². The van der Waals surface area contributed by atoms with Crippen molar-refractivity contribution in [3.8, 4) is 5.75 Å². The van der Waals surface area contributed by atoms with E-state index in [9.17, 15) is 4.79 Å². The normalized spacial score (nSPS) is 17.0. The zero-order valence-electron chi connectivity index (χ0n) is 17.6. The Labute approximate surface area is 182 Å². The van der Waals surface area contributed by atoms with E-state index < -0.39 is 0 Å². The maximum absolute atomic E-state index is 12.8. The van der Waals surface area contributed by atoms with Crippen LogP contribution < -0.4 is 9.64 Å². The van der Waals surface area contributed by atoms with E-state index in [0.29, 0.717) is 25.3 Å². The van der Waals surface area contributed by atoms with Crippen molar-refractivity contribution in [2.75, 3.05) is 44.2 Å². The Morgan fingerprint density at radius 3 is 2.55 bits per heavy atom. The van der Waals surface area contributed by atoms with Crippen LogP contribution in [0.1, 0.15) is 21.5 Å². The lowest BCUT2D eigenvalue weighted by Crippen LogP contribution is -2.45. The Morgan fingerprint density at radius 2 is 1.77 bits per heavy atom. The molecular weight excluding hydrogens is 390 g/mol. The van der Waals surface area contributed by atoms with Crippen molar-refractivity contribution >= 4 is 11.6 Å². The summed E-state index contributed by atoms with van der Waals surface area (Å²) >= 11 is 0. The molecule has 2 aliphatic rings. The van der Waals surface area contributed by atoms with Crippen LogP contribution in [0.5, 0.6) is 5.75 Å². The summed E-state index contributed by atoms with van der Waals surface area (Å²) in [7, 11) is 0. The zero-order valence-corrected chi connectivity index (χ0v) is 17.6. The minimum absolute atomic E-state index is 0.0207. The summed E-state index contributed by atoms with van der Waals surface area (Å²) in [5.41, 5.74) is 4.20. The molecule has 0 saturated carbocycles. The van der Waals surface area contributed by atoms with Crippen LogP contribution >= 0.6 is 0 Å². The standard InChI is InChI=1S/C25H27N3O3/c29-25(21-8-14-30-19-21)28-13-15-31-24-7-6-20(16-22(24)18-28)17-26-9-11-27(12-10-26)23-4-2-1-3-5-23/h1-8,14,16,19H,9-13,15,17-18H2. The molecule has 2 aliphatic heterocycles. The number of piperazine rings is 1. The molecule has 3 heterocycles. The molecule has 0 unspecified atom stereocenters. The van der Waals surface area contributed by atoms with Crippen LogP contribution in [0.4, 0.5) is 5.69 Å². The molecule has 160 valence electrons. The van der Waals surface area contributed by atoms with Gasteiger partial charge < -0.3 is 19.0 Å². The smallest absolute Gasteiger partial charge is 0.257 e. The van der Waals surface area contributed by atoms with Gasteiger partial charge in [0.15, 0.2) is 0 Å². The fraction of sp³-hybridized carbons (Fsp3) is 0.320. The third-order valence-corrected chi connectivity index (χ3v) is 6.06. The molecule has 1 saturated heterocycles. The van der Waals surface area contributed by atoms with E-state index in [2.05, 4.69) is 58.3 Å². The maximum Gasteiger partial charge on any atom is 0.257 e. The van der Waals surface area contributed by atoms with Crippen molar-refractivity contribution in [3.05, 3.63) is 83.8 Å². The van der Waals surface area contributed by atoms with E-state index in [-0.39, 0.29) is 5.91 Å². The molecule has 0 aliphatic carbocycles. The van der Waals surface area contributed by atoms with E-state index in [0.717, 1.165) is 44.0 Å². The molecule has 0 N–H and O–H groups in total. The van der Waals surface area contributed by atoms with E-state index >= 15 is 0 Å². The number of para-hydroxylation sites is 1. The second-order valence-corrected chi connectivity index (χ2v) is 8.13. The number of rotatable bonds is 4. The summed E-state index contributed by atoms with van der Waals surface area (Å²) in [5, 5.41) is 0. The van der Waals surface area contributed by atoms with Gasteiger partial charge in [-0.05, 0) is 35.9 Å². The quantitative estimate of drug-likeness (QED) is 0.649. The minimum atomic E-state index is -0.0207. The van der Waals surface area contributed by atoms with Crippen molar-refractivity contribution in [3.63, 3.8) is 0 Å². The lowest BCUT2D eigenvalue weighted by atomic mass is 10.1. The van der Waals surface area contributed by atoms with Gasteiger partial charge in [0.05, 0.1) is 18.4 Å². The fourth-order valence-electron chi connectivity index (χ4n) is 4.35. The third-order valence-electron chi connectivity index (χ3n) is 6.06. The molecule has 1 amide bonds. The maximum atomic E-state index is 12.8. The number of amides is 1. The first kappa shape index (κ1) is 19.7. The van der Waals surface area contributed by atoms with Crippen LogP contribution in [0.2, 0.25) is 0 Å². The minimum Gasteiger partial charge on any atom is -0.491 e. The molecule has 1 fully saturated rings. The molecule has 3 aromatic rings. The number of furan rings is 1. The molecule has 0 spiro atoms. The number of hydrogen-bond acceptors (Lipinski definition) is 5. The third kappa shape index (κ3) is 4.44. The van der Waals surface area contributed by atoms with Gasteiger partial charge in [-0.2, -0.15) is 0 Å². The number of ether oxygens (including phenoxy) is 1.